The normalized spacial score (nSPS) is 10.3. The van der Waals surface area contributed by atoms with E-state index in [4.69, 9.17) is 5.11 Å². The molecule has 0 aliphatic heterocycles. The lowest BCUT2D eigenvalue weighted by atomic mass is 10.1. The van der Waals surface area contributed by atoms with E-state index in [9.17, 15) is 9.59 Å². The third-order valence-electron chi connectivity index (χ3n) is 2.90. The summed E-state index contributed by atoms with van der Waals surface area (Å²) < 4.78 is 0. The van der Waals surface area contributed by atoms with Gasteiger partial charge < -0.3 is 10.4 Å². The fourth-order valence-corrected chi connectivity index (χ4v) is 1.78. The lowest BCUT2D eigenvalue weighted by molar-refractivity contribution is -0.137. The van der Waals surface area contributed by atoms with Gasteiger partial charge in [0.1, 0.15) is 0 Å². The van der Waals surface area contributed by atoms with Crippen LogP contribution in [0.4, 0.5) is 0 Å². The molecule has 2 N–H and O–H groups in total. The summed E-state index contributed by atoms with van der Waals surface area (Å²) in [5.41, 5.74) is 0. The summed E-state index contributed by atoms with van der Waals surface area (Å²) in [6, 6.07) is 0. The predicted molar refractivity (Wildman–Crippen MR) is 72.5 cm³/mol. The van der Waals surface area contributed by atoms with Crippen molar-refractivity contribution in [3.8, 4) is 0 Å². The maximum atomic E-state index is 11.4. The van der Waals surface area contributed by atoms with Crippen LogP contribution < -0.4 is 5.32 Å². The van der Waals surface area contributed by atoms with Gasteiger partial charge in [0.25, 0.3) is 0 Å². The minimum absolute atomic E-state index is 0.129. The zero-order valence-corrected chi connectivity index (χ0v) is 11.5. The number of carbonyl (C=O) groups is 2. The molecule has 0 spiro atoms. The van der Waals surface area contributed by atoms with Crippen molar-refractivity contribution in [2.24, 2.45) is 0 Å². The highest BCUT2D eigenvalue weighted by molar-refractivity contribution is 5.75. The maximum Gasteiger partial charge on any atom is 0.303 e. The van der Waals surface area contributed by atoms with Crippen molar-refractivity contribution in [2.45, 2.75) is 71.1 Å². The van der Waals surface area contributed by atoms with Gasteiger partial charge in [0.05, 0.1) is 0 Å². The molecule has 0 rings (SSSR count). The van der Waals surface area contributed by atoms with Crippen LogP contribution in [0.25, 0.3) is 0 Å². The van der Waals surface area contributed by atoms with Gasteiger partial charge in [-0.2, -0.15) is 0 Å². The molecule has 0 aromatic carbocycles. The number of carbonyl (C=O) groups excluding carboxylic acids is 1. The molecule has 0 aromatic heterocycles. The molecule has 106 valence electrons. The Morgan fingerprint density at radius 2 is 1.50 bits per heavy atom. The number of nitrogens with one attached hydrogen (secondary N) is 1. The molecule has 1 amide bonds. The first-order valence-electron chi connectivity index (χ1n) is 7.15. The first kappa shape index (κ1) is 16.9. The van der Waals surface area contributed by atoms with E-state index in [2.05, 4.69) is 12.2 Å². The number of carboxylic acids is 1. The number of rotatable bonds is 12. The largest absolute Gasteiger partial charge is 0.481 e. The molecule has 0 atom stereocenters. The molecule has 0 aliphatic rings. The quantitative estimate of drug-likeness (QED) is 0.528. The molecule has 18 heavy (non-hydrogen) atoms. The van der Waals surface area contributed by atoms with Crippen molar-refractivity contribution in [3.63, 3.8) is 0 Å². The maximum absolute atomic E-state index is 11.4. The summed E-state index contributed by atoms with van der Waals surface area (Å²) in [7, 11) is 0. The van der Waals surface area contributed by atoms with E-state index in [0.29, 0.717) is 12.8 Å². The Balaban J connectivity index is 3.19. The summed E-state index contributed by atoms with van der Waals surface area (Å²) in [5.74, 6) is -0.607. The van der Waals surface area contributed by atoms with E-state index in [1.54, 1.807) is 0 Å². The van der Waals surface area contributed by atoms with E-state index >= 15 is 0 Å². The summed E-state index contributed by atoms with van der Waals surface area (Å²) in [5, 5.41) is 11.4. The topological polar surface area (TPSA) is 66.4 Å². The van der Waals surface area contributed by atoms with E-state index in [1.165, 1.54) is 19.3 Å². The molecule has 0 aromatic rings. The summed E-state index contributed by atoms with van der Waals surface area (Å²) >= 11 is 0. The number of carboxylic acid groups (broad SMARTS) is 1. The fraction of sp³-hybridized carbons (Fsp3) is 0.857. The number of hydrogen-bond donors (Lipinski definition) is 2. The molecule has 0 radical (unpaired) electrons. The SMILES string of the molecule is CCCCCCNC(=O)CCCCCCC(=O)O. The van der Waals surface area contributed by atoms with Crippen LogP contribution in [-0.2, 0) is 9.59 Å². The Labute approximate surface area is 110 Å². The highest BCUT2D eigenvalue weighted by Crippen LogP contribution is 2.05. The first-order valence-corrected chi connectivity index (χ1v) is 7.15. The van der Waals surface area contributed by atoms with Crippen LogP contribution >= 0.6 is 0 Å². The van der Waals surface area contributed by atoms with Crippen LogP contribution in [0.3, 0.4) is 0 Å². The average molecular weight is 257 g/mol. The summed E-state index contributed by atoms with van der Waals surface area (Å²) in [4.78, 5) is 21.7. The Morgan fingerprint density at radius 1 is 0.889 bits per heavy atom. The highest BCUT2D eigenvalue weighted by atomic mass is 16.4. The van der Waals surface area contributed by atoms with Gasteiger partial charge in [-0.05, 0) is 19.3 Å². The molecule has 0 saturated heterocycles. The van der Waals surface area contributed by atoms with Crippen LogP contribution in [0.15, 0.2) is 0 Å². The van der Waals surface area contributed by atoms with Gasteiger partial charge in [-0.15, -0.1) is 0 Å². The Morgan fingerprint density at radius 3 is 2.11 bits per heavy atom. The molecule has 4 nitrogen and oxygen atoms in total. The van der Waals surface area contributed by atoms with Crippen molar-refractivity contribution in [3.05, 3.63) is 0 Å². The lowest BCUT2D eigenvalue weighted by Gasteiger charge is -2.04. The Bertz CT molecular complexity index is 229. The fourth-order valence-electron chi connectivity index (χ4n) is 1.78. The van der Waals surface area contributed by atoms with Crippen molar-refractivity contribution < 1.29 is 14.7 Å². The summed E-state index contributed by atoms with van der Waals surface area (Å²) in [6.45, 7) is 2.96. The van der Waals surface area contributed by atoms with E-state index in [1.807, 2.05) is 0 Å². The third kappa shape index (κ3) is 13.0. The van der Waals surface area contributed by atoms with Crippen molar-refractivity contribution in [2.75, 3.05) is 6.54 Å². The number of hydrogen-bond acceptors (Lipinski definition) is 2. The van der Waals surface area contributed by atoms with Crippen LogP contribution in [0.1, 0.15) is 71.1 Å². The second-order valence-corrected chi connectivity index (χ2v) is 4.72. The Hall–Kier alpha value is -1.06. The van der Waals surface area contributed by atoms with Crippen LogP contribution in [0.2, 0.25) is 0 Å². The molecule has 0 bridgehead atoms. The highest BCUT2D eigenvalue weighted by Gasteiger charge is 2.01. The monoisotopic (exact) mass is 257 g/mol. The number of aliphatic carboxylic acids is 1. The summed E-state index contributed by atoms with van der Waals surface area (Å²) in [6.07, 6.45) is 8.93. The van der Waals surface area contributed by atoms with Gasteiger partial charge in [-0.1, -0.05) is 39.0 Å². The number of amides is 1. The molecule has 0 aliphatic carbocycles. The first-order chi connectivity index (χ1) is 8.66. The van der Waals surface area contributed by atoms with Gasteiger partial charge in [-0.3, -0.25) is 9.59 Å². The second kappa shape index (κ2) is 12.4. The molecule has 4 heteroatoms. The van der Waals surface area contributed by atoms with Gasteiger partial charge in [0.15, 0.2) is 0 Å². The zero-order chi connectivity index (χ0) is 13.6. The second-order valence-electron chi connectivity index (χ2n) is 4.72. The van der Waals surface area contributed by atoms with Gasteiger partial charge >= 0.3 is 5.97 Å². The third-order valence-corrected chi connectivity index (χ3v) is 2.90. The standard InChI is InChI=1S/C14H27NO3/c1-2-3-4-9-12-15-13(16)10-7-5-6-8-11-14(17)18/h2-12H2,1H3,(H,15,16)(H,17,18). The van der Waals surface area contributed by atoms with Crippen molar-refractivity contribution in [1.29, 1.82) is 0 Å². The van der Waals surface area contributed by atoms with E-state index < -0.39 is 5.97 Å². The molecular formula is C14H27NO3. The average Bonchev–Trinajstić information content (AvgIpc) is 2.33. The minimum atomic E-state index is -0.736. The van der Waals surface area contributed by atoms with Gasteiger partial charge in [0, 0.05) is 19.4 Å². The van der Waals surface area contributed by atoms with Crippen molar-refractivity contribution >= 4 is 11.9 Å². The molecule has 0 unspecified atom stereocenters. The lowest BCUT2D eigenvalue weighted by Crippen LogP contribution is -2.23. The van der Waals surface area contributed by atoms with Crippen LogP contribution in [0, 0.1) is 0 Å². The van der Waals surface area contributed by atoms with E-state index in [0.717, 1.165) is 32.2 Å². The van der Waals surface area contributed by atoms with E-state index in [-0.39, 0.29) is 12.3 Å². The van der Waals surface area contributed by atoms with Gasteiger partial charge in [0.2, 0.25) is 5.91 Å². The predicted octanol–water partition coefficient (Wildman–Crippen LogP) is 3.11. The van der Waals surface area contributed by atoms with Crippen molar-refractivity contribution in [1.82, 2.24) is 5.32 Å². The zero-order valence-electron chi connectivity index (χ0n) is 11.5. The number of unbranched alkanes of at least 4 members (excludes halogenated alkanes) is 6. The van der Waals surface area contributed by atoms with Crippen LogP contribution in [-0.4, -0.2) is 23.5 Å². The minimum Gasteiger partial charge on any atom is -0.481 e. The molecule has 0 fully saturated rings. The van der Waals surface area contributed by atoms with Crippen LogP contribution in [0.5, 0.6) is 0 Å². The smallest absolute Gasteiger partial charge is 0.303 e. The Kier molecular flexibility index (Phi) is 11.7. The van der Waals surface area contributed by atoms with Gasteiger partial charge in [-0.25, -0.2) is 0 Å². The molecule has 0 heterocycles. The molecular weight excluding hydrogens is 230 g/mol. The molecule has 0 saturated carbocycles.